The van der Waals surface area contributed by atoms with Crippen molar-refractivity contribution in [2.24, 2.45) is 0 Å². The van der Waals surface area contributed by atoms with E-state index >= 15 is 0 Å². The van der Waals surface area contributed by atoms with E-state index in [2.05, 4.69) is 30.8 Å². The number of carbonyl (C=O) groups is 1. The molecule has 4 heterocycles. The quantitative estimate of drug-likeness (QED) is 0.326. The Kier molecular flexibility index (Phi) is 6.35. The summed E-state index contributed by atoms with van der Waals surface area (Å²) >= 11 is 6.02. The number of carbonyl (C=O) groups excluding carboxylic acids is 1. The van der Waals surface area contributed by atoms with Crippen molar-refractivity contribution in [3.05, 3.63) is 53.8 Å². The monoisotopic (exact) mass is 512 g/mol. The Hall–Kier alpha value is -3.57. The molecule has 36 heavy (non-hydrogen) atoms. The lowest BCUT2D eigenvalue weighted by Gasteiger charge is -2.25. The van der Waals surface area contributed by atoms with Crippen molar-refractivity contribution >= 4 is 34.5 Å². The smallest absolute Gasteiger partial charge is 0.255 e. The summed E-state index contributed by atoms with van der Waals surface area (Å²) in [5.41, 5.74) is 1.54. The van der Waals surface area contributed by atoms with Crippen molar-refractivity contribution in [3.63, 3.8) is 0 Å². The Labute approximate surface area is 211 Å². The van der Waals surface area contributed by atoms with Gasteiger partial charge < -0.3 is 15.7 Å². The standard InChI is InChI=1S/C24H26ClFN8O2/c1-24(2,36)21(26)11-29-23(35)18-9-27-19(17-10-31-34-12-14(25)7-28-22(17)34)6-20(18)32-15-8-30-33(13-15)16-4-3-5-16/h6-10,12-13,16,21,36H,3-5,11H2,1-2H3,(H,27,32)(H,29,35). The van der Waals surface area contributed by atoms with Crippen LogP contribution in [0, 0.1) is 0 Å². The molecule has 1 atom stereocenters. The van der Waals surface area contributed by atoms with Crippen molar-refractivity contribution in [2.75, 3.05) is 11.9 Å². The van der Waals surface area contributed by atoms with Gasteiger partial charge in [-0.15, -0.1) is 0 Å². The predicted octanol–water partition coefficient (Wildman–Crippen LogP) is 3.95. The van der Waals surface area contributed by atoms with Gasteiger partial charge in [0.2, 0.25) is 0 Å². The second-order valence-corrected chi connectivity index (χ2v) is 9.90. The minimum atomic E-state index is -1.64. The lowest BCUT2D eigenvalue weighted by Crippen LogP contribution is -2.42. The summed E-state index contributed by atoms with van der Waals surface area (Å²) in [4.78, 5) is 21.8. The molecular weight excluding hydrogens is 487 g/mol. The van der Waals surface area contributed by atoms with E-state index in [1.165, 1.54) is 32.7 Å². The fourth-order valence-electron chi connectivity index (χ4n) is 3.86. The maximum absolute atomic E-state index is 14.2. The van der Waals surface area contributed by atoms with Crippen LogP contribution in [-0.4, -0.2) is 58.7 Å². The van der Waals surface area contributed by atoms with Gasteiger partial charge in [0.15, 0.2) is 5.65 Å². The first-order valence-corrected chi connectivity index (χ1v) is 12.0. The number of pyridine rings is 1. The highest BCUT2D eigenvalue weighted by Gasteiger charge is 2.27. The minimum absolute atomic E-state index is 0.213. The van der Waals surface area contributed by atoms with Crippen LogP contribution < -0.4 is 10.6 Å². The number of nitrogens with zero attached hydrogens (tertiary/aromatic N) is 6. The van der Waals surface area contributed by atoms with Gasteiger partial charge in [-0.1, -0.05) is 11.6 Å². The summed E-state index contributed by atoms with van der Waals surface area (Å²) in [6.45, 7) is 2.36. The van der Waals surface area contributed by atoms with Crippen molar-refractivity contribution in [1.82, 2.24) is 34.7 Å². The SMILES string of the molecule is CC(C)(O)C(F)CNC(=O)c1cnc(-c2cnn3cc(Cl)cnc23)cc1Nc1cnn(C2CCC2)c1. The van der Waals surface area contributed by atoms with E-state index in [1.54, 1.807) is 29.2 Å². The summed E-state index contributed by atoms with van der Waals surface area (Å²) in [6, 6.07) is 2.10. The van der Waals surface area contributed by atoms with Gasteiger partial charge in [0.25, 0.3) is 5.91 Å². The van der Waals surface area contributed by atoms with Crippen LogP contribution in [0.2, 0.25) is 5.02 Å². The van der Waals surface area contributed by atoms with E-state index in [0.29, 0.717) is 39.3 Å². The molecule has 1 aliphatic rings. The first-order chi connectivity index (χ1) is 17.2. The molecule has 3 N–H and O–H groups in total. The first kappa shape index (κ1) is 24.1. The van der Waals surface area contributed by atoms with Crippen molar-refractivity contribution < 1.29 is 14.3 Å². The van der Waals surface area contributed by atoms with E-state index in [-0.39, 0.29) is 12.1 Å². The molecular formula is C24H26ClFN8O2. The van der Waals surface area contributed by atoms with E-state index in [4.69, 9.17) is 11.6 Å². The van der Waals surface area contributed by atoms with Crippen molar-refractivity contribution in [1.29, 1.82) is 0 Å². The molecule has 10 nitrogen and oxygen atoms in total. The van der Waals surface area contributed by atoms with Crippen LogP contribution in [0.3, 0.4) is 0 Å². The van der Waals surface area contributed by atoms with Crippen LogP contribution in [0.4, 0.5) is 15.8 Å². The van der Waals surface area contributed by atoms with Crippen molar-refractivity contribution in [2.45, 2.75) is 50.9 Å². The molecule has 4 aromatic heterocycles. The zero-order chi connectivity index (χ0) is 25.4. The Balaban J connectivity index is 1.47. The summed E-state index contributed by atoms with van der Waals surface area (Å²) in [6.07, 6.45) is 11.5. The van der Waals surface area contributed by atoms with Crippen LogP contribution >= 0.6 is 11.6 Å². The highest BCUT2D eigenvalue weighted by molar-refractivity contribution is 6.30. The first-order valence-electron chi connectivity index (χ1n) is 11.6. The number of halogens is 2. The highest BCUT2D eigenvalue weighted by Crippen LogP contribution is 2.33. The molecule has 1 unspecified atom stereocenters. The summed E-state index contributed by atoms with van der Waals surface area (Å²) in [7, 11) is 0. The van der Waals surface area contributed by atoms with Gasteiger partial charge in [-0.05, 0) is 39.2 Å². The minimum Gasteiger partial charge on any atom is -0.387 e. The third-order valence-electron chi connectivity index (χ3n) is 6.29. The molecule has 0 saturated heterocycles. The molecule has 0 spiro atoms. The molecule has 5 rings (SSSR count). The van der Waals surface area contributed by atoms with Gasteiger partial charge in [0, 0.05) is 18.6 Å². The van der Waals surface area contributed by atoms with E-state index < -0.39 is 17.7 Å². The van der Waals surface area contributed by atoms with E-state index in [9.17, 15) is 14.3 Å². The summed E-state index contributed by atoms with van der Waals surface area (Å²) < 4.78 is 17.7. The maximum Gasteiger partial charge on any atom is 0.255 e. The molecule has 1 fully saturated rings. The van der Waals surface area contributed by atoms with Crippen LogP contribution in [0.25, 0.3) is 16.9 Å². The molecule has 0 radical (unpaired) electrons. The number of aliphatic hydroxyl groups is 1. The normalized spacial score (nSPS) is 15.0. The van der Waals surface area contributed by atoms with Gasteiger partial charge in [0.05, 0.1) is 70.0 Å². The Bertz CT molecular complexity index is 1410. The lowest BCUT2D eigenvalue weighted by atomic mass is 9.93. The Morgan fingerprint density at radius 3 is 2.75 bits per heavy atom. The number of fused-ring (bicyclic) bond motifs is 1. The zero-order valence-electron chi connectivity index (χ0n) is 19.8. The Morgan fingerprint density at radius 1 is 1.22 bits per heavy atom. The fourth-order valence-corrected chi connectivity index (χ4v) is 4.00. The van der Waals surface area contributed by atoms with Crippen LogP contribution in [0.5, 0.6) is 0 Å². The largest absolute Gasteiger partial charge is 0.387 e. The Morgan fingerprint density at radius 2 is 2.03 bits per heavy atom. The maximum atomic E-state index is 14.2. The second-order valence-electron chi connectivity index (χ2n) is 9.46. The fraction of sp³-hybridized carbons (Fsp3) is 0.375. The van der Waals surface area contributed by atoms with Gasteiger partial charge in [0.1, 0.15) is 6.17 Å². The average Bonchev–Trinajstić information content (AvgIpc) is 3.42. The van der Waals surface area contributed by atoms with E-state index in [1.807, 2.05) is 10.9 Å². The second kappa shape index (κ2) is 9.47. The van der Waals surface area contributed by atoms with E-state index in [0.717, 1.165) is 12.8 Å². The third kappa shape index (κ3) is 4.89. The lowest BCUT2D eigenvalue weighted by molar-refractivity contribution is -0.00177. The number of anilines is 2. The number of amides is 1. The van der Waals surface area contributed by atoms with Crippen LogP contribution in [-0.2, 0) is 0 Å². The topological polar surface area (TPSA) is 122 Å². The van der Waals surface area contributed by atoms with Gasteiger partial charge in [-0.25, -0.2) is 13.9 Å². The van der Waals surface area contributed by atoms with Gasteiger partial charge in [-0.3, -0.25) is 14.5 Å². The third-order valence-corrected chi connectivity index (χ3v) is 6.48. The summed E-state index contributed by atoms with van der Waals surface area (Å²) in [5.74, 6) is -0.528. The number of aromatic nitrogens is 6. The molecule has 1 saturated carbocycles. The number of hydrogen-bond acceptors (Lipinski definition) is 7. The molecule has 0 aliphatic heterocycles. The van der Waals surface area contributed by atoms with Crippen molar-refractivity contribution in [3.8, 4) is 11.3 Å². The molecule has 0 bridgehead atoms. The van der Waals surface area contributed by atoms with Crippen LogP contribution in [0.15, 0.2) is 43.2 Å². The zero-order valence-corrected chi connectivity index (χ0v) is 20.6. The van der Waals surface area contributed by atoms with Crippen LogP contribution in [0.1, 0.15) is 49.5 Å². The molecule has 0 aromatic carbocycles. The average molecular weight is 513 g/mol. The number of rotatable bonds is 8. The summed E-state index contributed by atoms with van der Waals surface area (Å²) in [5, 5.41) is 24.8. The molecule has 1 amide bonds. The molecule has 1 aliphatic carbocycles. The highest BCUT2D eigenvalue weighted by atomic mass is 35.5. The number of nitrogens with one attached hydrogen (secondary N) is 2. The van der Waals surface area contributed by atoms with Gasteiger partial charge in [-0.2, -0.15) is 10.2 Å². The molecule has 12 heteroatoms. The predicted molar refractivity (Wildman–Crippen MR) is 133 cm³/mol. The number of hydrogen-bond donors (Lipinski definition) is 3. The van der Waals surface area contributed by atoms with Gasteiger partial charge >= 0.3 is 0 Å². The molecule has 4 aromatic rings. The molecule has 188 valence electrons. The number of alkyl halides is 1.